The van der Waals surface area contributed by atoms with E-state index in [1.807, 2.05) is 61.2 Å². The van der Waals surface area contributed by atoms with Crippen molar-refractivity contribution >= 4 is 27.5 Å². The van der Waals surface area contributed by atoms with Crippen LogP contribution in [0.5, 0.6) is 0 Å². The van der Waals surface area contributed by atoms with Gasteiger partial charge in [-0.1, -0.05) is 48.5 Å². The van der Waals surface area contributed by atoms with Gasteiger partial charge in [0, 0.05) is 31.6 Å². The number of carbonyl (C=O) groups is 2. The van der Waals surface area contributed by atoms with Crippen molar-refractivity contribution in [2.45, 2.75) is 46.3 Å². The molecule has 0 spiro atoms. The minimum atomic E-state index is -3.50. The molecule has 8 heteroatoms. The molecule has 1 fully saturated rings. The van der Waals surface area contributed by atoms with Crippen LogP contribution >= 0.6 is 0 Å². The van der Waals surface area contributed by atoms with Crippen molar-refractivity contribution in [1.29, 1.82) is 0 Å². The Morgan fingerprint density at radius 3 is 2.22 bits per heavy atom. The minimum Gasteiger partial charge on any atom is -0.348 e. The number of carbonyl (C=O) groups excluding carboxylic acids is 2. The van der Waals surface area contributed by atoms with Gasteiger partial charge in [0.15, 0.2) is 0 Å². The Bertz CT molecular complexity index is 1380. The van der Waals surface area contributed by atoms with Gasteiger partial charge < -0.3 is 10.2 Å². The van der Waals surface area contributed by atoms with E-state index in [4.69, 9.17) is 0 Å². The van der Waals surface area contributed by atoms with Crippen LogP contribution in [0.3, 0.4) is 0 Å². The predicted octanol–water partition coefficient (Wildman–Crippen LogP) is 4.32. The summed E-state index contributed by atoms with van der Waals surface area (Å²) in [4.78, 5) is 26.4. The predicted molar refractivity (Wildman–Crippen MR) is 146 cm³/mol. The zero-order valence-electron chi connectivity index (χ0n) is 21.5. The summed E-state index contributed by atoms with van der Waals surface area (Å²) in [5.74, 6) is 0.00412. The fraction of sp³-hybridized carbons (Fsp3) is 0.310. The highest BCUT2D eigenvalue weighted by molar-refractivity contribution is 7.92. The first-order valence-electron chi connectivity index (χ1n) is 12.4. The van der Waals surface area contributed by atoms with Gasteiger partial charge in [-0.3, -0.25) is 13.9 Å². The summed E-state index contributed by atoms with van der Waals surface area (Å²) in [6.07, 6.45) is 2.76. The molecule has 3 aromatic carbocycles. The number of nitrogens with one attached hydrogen (secondary N) is 1. The van der Waals surface area contributed by atoms with Crippen LogP contribution in [-0.2, 0) is 34.5 Å². The van der Waals surface area contributed by atoms with Gasteiger partial charge in [-0.25, -0.2) is 8.42 Å². The van der Waals surface area contributed by atoms with E-state index in [-0.39, 0.29) is 18.4 Å². The van der Waals surface area contributed by atoms with Crippen molar-refractivity contribution < 1.29 is 18.0 Å². The second kappa shape index (κ2) is 11.2. The Balaban J connectivity index is 1.36. The van der Waals surface area contributed by atoms with E-state index >= 15 is 0 Å². The number of sulfonamides is 1. The van der Waals surface area contributed by atoms with E-state index in [0.717, 1.165) is 40.8 Å². The average molecular weight is 520 g/mol. The lowest BCUT2D eigenvalue weighted by Gasteiger charge is -2.25. The highest BCUT2D eigenvalue weighted by Crippen LogP contribution is 2.26. The third-order valence-electron chi connectivity index (χ3n) is 6.60. The topological polar surface area (TPSA) is 86.8 Å². The van der Waals surface area contributed by atoms with E-state index in [1.54, 1.807) is 24.3 Å². The van der Waals surface area contributed by atoms with E-state index in [1.165, 1.54) is 10.6 Å². The molecule has 7 nitrogen and oxygen atoms in total. The van der Waals surface area contributed by atoms with Gasteiger partial charge in [0.25, 0.3) is 5.91 Å². The van der Waals surface area contributed by atoms with Crippen molar-refractivity contribution in [3.8, 4) is 0 Å². The number of amides is 2. The fourth-order valence-electron chi connectivity index (χ4n) is 4.44. The molecule has 0 aliphatic carbocycles. The summed E-state index contributed by atoms with van der Waals surface area (Å²) in [5.41, 5.74) is 5.86. The Morgan fingerprint density at radius 1 is 0.946 bits per heavy atom. The monoisotopic (exact) mass is 519 g/mol. The second-order valence-electron chi connectivity index (χ2n) is 9.67. The standard InChI is InChI=1S/C29H33N3O4S/c1-21-6-7-22(2)27(17-21)32(37(3,35)36)20-25-12-14-26(15-13-25)29(34)30-18-23-8-10-24(11-9-23)19-31-16-4-5-28(31)33/h6-15,17H,4-5,16,18-20H2,1-3H3,(H,30,34). The van der Waals surface area contributed by atoms with Crippen LogP contribution in [0.25, 0.3) is 0 Å². The molecule has 1 aliphatic heterocycles. The van der Waals surface area contributed by atoms with Crippen LogP contribution in [-0.4, -0.2) is 37.9 Å². The summed E-state index contributed by atoms with van der Waals surface area (Å²) in [7, 11) is -3.50. The molecule has 0 atom stereocenters. The van der Waals surface area contributed by atoms with Gasteiger partial charge in [-0.2, -0.15) is 0 Å². The Morgan fingerprint density at radius 2 is 1.59 bits per heavy atom. The number of hydrogen-bond acceptors (Lipinski definition) is 4. The third kappa shape index (κ3) is 6.77. The van der Waals surface area contributed by atoms with E-state index in [2.05, 4.69) is 5.32 Å². The summed E-state index contributed by atoms with van der Waals surface area (Å²) in [6, 6.07) is 20.6. The normalized spacial score (nSPS) is 13.6. The minimum absolute atomic E-state index is 0.181. The Hall–Kier alpha value is -3.65. The first kappa shape index (κ1) is 26.4. The molecular weight excluding hydrogens is 486 g/mol. The van der Waals surface area contributed by atoms with E-state index in [9.17, 15) is 18.0 Å². The highest BCUT2D eigenvalue weighted by atomic mass is 32.2. The number of anilines is 1. The Labute approximate surface area is 219 Å². The largest absolute Gasteiger partial charge is 0.348 e. The van der Waals surface area contributed by atoms with Crippen LogP contribution in [0.15, 0.2) is 66.7 Å². The summed E-state index contributed by atoms with van der Waals surface area (Å²) >= 11 is 0. The van der Waals surface area contributed by atoms with Gasteiger partial charge in [0.2, 0.25) is 15.9 Å². The van der Waals surface area contributed by atoms with Gasteiger partial charge >= 0.3 is 0 Å². The number of benzene rings is 3. The van der Waals surface area contributed by atoms with Crippen LogP contribution in [0.4, 0.5) is 5.69 Å². The molecule has 0 saturated carbocycles. The van der Waals surface area contributed by atoms with Crippen molar-refractivity contribution in [1.82, 2.24) is 10.2 Å². The Kier molecular flexibility index (Phi) is 7.97. The average Bonchev–Trinajstić information content (AvgIpc) is 3.27. The van der Waals surface area contributed by atoms with Gasteiger partial charge in [-0.15, -0.1) is 0 Å². The number of aryl methyl sites for hydroxylation is 2. The van der Waals surface area contributed by atoms with Crippen molar-refractivity contribution in [3.63, 3.8) is 0 Å². The molecule has 4 rings (SSSR count). The molecule has 1 aliphatic rings. The summed E-state index contributed by atoms with van der Waals surface area (Å²) in [5, 5.41) is 2.93. The molecule has 0 radical (unpaired) electrons. The second-order valence-corrected chi connectivity index (χ2v) is 11.6. The van der Waals surface area contributed by atoms with Crippen LogP contribution in [0, 0.1) is 13.8 Å². The molecule has 2 amide bonds. The lowest BCUT2D eigenvalue weighted by atomic mass is 10.1. The zero-order valence-corrected chi connectivity index (χ0v) is 22.3. The van der Waals surface area contributed by atoms with Gasteiger partial charge in [0.1, 0.15) is 0 Å². The third-order valence-corrected chi connectivity index (χ3v) is 7.72. The lowest BCUT2D eigenvalue weighted by Crippen LogP contribution is -2.30. The smallest absolute Gasteiger partial charge is 0.251 e. The maximum atomic E-state index is 12.7. The summed E-state index contributed by atoms with van der Waals surface area (Å²) < 4.78 is 26.5. The van der Waals surface area contributed by atoms with E-state index in [0.29, 0.717) is 30.8 Å². The van der Waals surface area contributed by atoms with Gasteiger partial charge in [-0.05, 0) is 66.3 Å². The fourth-order valence-corrected chi connectivity index (χ4v) is 5.37. The first-order valence-corrected chi connectivity index (χ1v) is 14.2. The first-order chi connectivity index (χ1) is 17.6. The molecule has 37 heavy (non-hydrogen) atoms. The maximum Gasteiger partial charge on any atom is 0.251 e. The molecule has 0 aromatic heterocycles. The molecule has 1 N–H and O–H groups in total. The number of nitrogens with zero attached hydrogens (tertiary/aromatic N) is 2. The molecule has 3 aromatic rings. The van der Waals surface area contributed by atoms with Crippen molar-refractivity contribution in [2.24, 2.45) is 0 Å². The van der Waals surface area contributed by atoms with Crippen LogP contribution in [0.1, 0.15) is 51.0 Å². The molecule has 194 valence electrons. The number of likely N-dealkylation sites (tertiary alicyclic amines) is 1. The number of rotatable bonds is 9. The van der Waals surface area contributed by atoms with Crippen molar-refractivity contribution in [2.75, 3.05) is 17.1 Å². The van der Waals surface area contributed by atoms with Crippen LogP contribution in [0.2, 0.25) is 0 Å². The number of hydrogen-bond donors (Lipinski definition) is 1. The molecule has 0 unspecified atom stereocenters. The SMILES string of the molecule is Cc1ccc(C)c(N(Cc2ccc(C(=O)NCc3ccc(CN4CCCC4=O)cc3)cc2)S(C)(=O)=O)c1. The lowest BCUT2D eigenvalue weighted by molar-refractivity contribution is -0.128. The quantitative estimate of drug-likeness (QED) is 0.456. The highest BCUT2D eigenvalue weighted by Gasteiger charge is 2.21. The molecule has 1 heterocycles. The molecule has 0 bridgehead atoms. The van der Waals surface area contributed by atoms with Crippen LogP contribution < -0.4 is 9.62 Å². The molecular formula is C29H33N3O4S. The van der Waals surface area contributed by atoms with E-state index < -0.39 is 10.0 Å². The molecule has 1 saturated heterocycles. The zero-order chi connectivity index (χ0) is 26.6. The maximum absolute atomic E-state index is 12.7. The van der Waals surface area contributed by atoms with Gasteiger partial charge in [0.05, 0.1) is 18.5 Å². The van der Waals surface area contributed by atoms with Crippen molar-refractivity contribution in [3.05, 3.63) is 100 Å². The summed E-state index contributed by atoms with van der Waals surface area (Å²) in [6.45, 7) is 5.83.